The van der Waals surface area contributed by atoms with Crippen LogP contribution in [0.1, 0.15) is 25.7 Å². The Morgan fingerprint density at radius 1 is 1.47 bits per heavy atom. The first-order valence-corrected chi connectivity index (χ1v) is 6.14. The number of halogens is 1. The number of aromatic nitrogens is 2. The molecule has 1 aromatic rings. The van der Waals surface area contributed by atoms with Crippen molar-refractivity contribution in [3.63, 3.8) is 0 Å². The second-order valence-electron chi connectivity index (χ2n) is 4.30. The third-order valence-electron chi connectivity index (χ3n) is 3.02. The van der Waals surface area contributed by atoms with Gasteiger partial charge in [-0.1, -0.05) is 11.6 Å². The Morgan fingerprint density at radius 2 is 2.29 bits per heavy atom. The molecular formula is C11H17ClN4O. The fraction of sp³-hybridized carbons (Fsp3) is 0.636. The van der Waals surface area contributed by atoms with Crippen molar-refractivity contribution in [2.24, 2.45) is 0 Å². The molecule has 1 aromatic heterocycles. The third kappa shape index (κ3) is 3.44. The molecule has 1 fully saturated rings. The van der Waals surface area contributed by atoms with E-state index >= 15 is 0 Å². The van der Waals surface area contributed by atoms with Crippen LogP contribution in [0, 0.1) is 0 Å². The minimum absolute atomic E-state index is 0.194. The highest BCUT2D eigenvalue weighted by atomic mass is 35.5. The van der Waals surface area contributed by atoms with Gasteiger partial charge in [0.15, 0.2) is 0 Å². The molecule has 1 aliphatic rings. The molecule has 1 saturated carbocycles. The molecule has 0 amide bonds. The second-order valence-corrected chi connectivity index (χ2v) is 4.69. The molecule has 2 rings (SSSR count). The fourth-order valence-electron chi connectivity index (χ4n) is 2.21. The average Bonchev–Trinajstić information content (AvgIpc) is 2.28. The van der Waals surface area contributed by atoms with Crippen LogP contribution in [0.2, 0.25) is 5.15 Å². The Labute approximate surface area is 106 Å². The van der Waals surface area contributed by atoms with E-state index in [0.29, 0.717) is 23.1 Å². The monoisotopic (exact) mass is 256 g/mol. The van der Waals surface area contributed by atoms with Crippen molar-refractivity contribution in [2.75, 3.05) is 18.2 Å². The summed E-state index contributed by atoms with van der Waals surface area (Å²) in [6.45, 7) is 0. The smallest absolute Gasteiger partial charge is 0.223 e. The van der Waals surface area contributed by atoms with Crippen LogP contribution >= 0.6 is 11.6 Å². The van der Waals surface area contributed by atoms with E-state index in [1.165, 1.54) is 0 Å². The van der Waals surface area contributed by atoms with Crippen LogP contribution in [0.5, 0.6) is 0 Å². The van der Waals surface area contributed by atoms with Crippen molar-refractivity contribution in [3.8, 4) is 0 Å². The van der Waals surface area contributed by atoms with Crippen LogP contribution in [0.15, 0.2) is 6.07 Å². The number of nitrogens with zero attached hydrogens (tertiary/aromatic N) is 2. The van der Waals surface area contributed by atoms with Gasteiger partial charge >= 0.3 is 0 Å². The van der Waals surface area contributed by atoms with E-state index in [2.05, 4.69) is 15.3 Å². The van der Waals surface area contributed by atoms with Crippen molar-refractivity contribution in [3.05, 3.63) is 11.2 Å². The quantitative estimate of drug-likeness (QED) is 0.810. The highest BCUT2D eigenvalue weighted by Crippen LogP contribution is 2.24. The normalized spacial score (nSPS) is 24.6. The molecule has 0 saturated heterocycles. The van der Waals surface area contributed by atoms with E-state index in [0.717, 1.165) is 25.7 Å². The zero-order valence-electron chi connectivity index (χ0n) is 9.82. The molecule has 2 atom stereocenters. The maximum absolute atomic E-state index is 5.83. The second kappa shape index (κ2) is 5.51. The van der Waals surface area contributed by atoms with E-state index in [9.17, 15) is 0 Å². The molecule has 6 heteroatoms. The van der Waals surface area contributed by atoms with E-state index < -0.39 is 0 Å². The minimum atomic E-state index is 0.194. The van der Waals surface area contributed by atoms with Gasteiger partial charge in [-0.2, -0.15) is 4.98 Å². The van der Waals surface area contributed by atoms with Crippen molar-refractivity contribution in [2.45, 2.75) is 37.8 Å². The van der Waals surface area contributed by atoms with Gasteiger partial charge in [-0.25, -0.2) is 4.98 Å². The van der Waals surface area contributed by atoms with Gasteiger partial charge < -0.3 is 15.8 Å². The first-order valence-electron chi connectivity index (χ1n) is 5.77. The maximum atomic E-state index is 5.83. The number of anilines is 2. The summed E-state index contributed by atoms with van der Waals surface area (Å²) in [6, 6.07) is 2.05. The van der Waals surface area contributed by atoms with Crippen LogP contribution in [0.3, 0.4) is 0 Å². The molecule has 3 N–H and O–H groups in total. The van der Waals surface area contributed by atoms with E-state index in [1.807, 2.05) is 0 Å². The largest absolute Gasteiger partial charge is 0.381 e. The van der Waals surface area contributed by atoms with Gasteiger partial charge in [-0.15, -0.1) is 0 Å². The van der Waals surface area contributed by atoms with Gasteiger partial charge in [-0.05, 0) is 25.7 Å². The lowest BCUT2D eigenvalue weighted by molar-refractivity contribution is 0.0669. The van der Waals surface area contributed by atoms with Gasteiger partial charge in [0, 0.05) is 19.2 Å². The van der Waals surface area contributed by atoms with Gasteiger partial charge in [0.25, 0.3) is 0 Å². The number of nitrogens with one attached hydrogen (secondary N) is 1. The van der Waals surface area contributed by atoms with Gasteiger partial charge in [0.05, 0.1) is 6.10 Å². The first kappa shape index (κ1) is 12.4. The molecule has 0 bridgehead atoms. The number of hydrogen-bond donors (Lipinski definition) is 2. The maximum Gasteiger partial charge on any atom is 0.223 e. The molecule has 0 aromatic carbocycles. The Balaban J connectivity index is 2.00. The highest BCUT2D eigenvalue weighted by molar-refractivity contribution is 6.29. The van der Waals surface area contributed by atoms with Gasteiger partial charge in [-0.3, -0.25) is 0 Å². The summed E-state index contributed by atoms with van der Waals surface area (Å²) in [4.78, 5) is 7.94. The summed E-state index contributed by atoms with van der Waals surface area (Å²) in [5.41, 5.74) is 5.55. The van der Waals surface area contributed by atoms with Crippen LogP contribution in [-0.4, -0.2) is 29.2 Å². The molecule has 2 unspecified atom stereocenters. The Bertz CT molecular complexity index is 367. The predicted octanol–water partition coefficient (Wildman–Crippen LogP) is 2.08. The molecule has 5 nitrogen and oxygen atoms in total. The summed E-state index contributed by atoms with van der Waals surface area (Å²) in [5.74, 6) is 0.878. The molecular weight excluding hydrogens is 240 g/mol. The van der Waals surface area contributed by atoms with E-state index in [1.54, 1.807) is 13.2 Å². The molecule has 94 valence electrons. The standard InChI is InChI=1S/C11H17ClN4O/c1-17-8-4-2-3-7(5-8)14-10-6-9(12)15-11(13)16-10/h6-8H,2-5H2,1H3,(H3,13,14,15,16). The molecule has 1 aliphatic carbocycles. The number of nitrogens with two attached hydrogens (primary N) is 1. The summed E-state index contributed by atoms with van der Waals surface area (Å²) in [5, 5.41) is 3.69. The summed E-state index contributed by atoms with van der Waals surface area (Å²) < 4.78 is 5.38. The minimum Gasteiger partial charge on any atom is -0.381 e. The van der Waals surface area contributed by atoms with E-state index in [-0.39, 0.29) is 5.95 Å². The average molecular weight is 257 g/mol. The lowest BCUT2D eigenvalue weighted by Crippen LogP contribution is -2.31. The summed E-state index contributed by atoms with van der Waals surface area (Å²) in [6.07, 6.45) is 4.71. The van der Waals surface area contributed by atoms with Crippen molar-refractivity contribution >= 4 is 23.4 Å². The molecule has 0 spiro atoms. The zero-order valence-corrected chi connectivity index (χ0v) is 10.6. The Kier molecular flexibility index (Phi) is 4.02. The zero-order chi connectivity index (χ0) is 12.3. The van der Waals surface area contributed by atoms with Crippen LogP contribution in [0.25, 0.3) is 0 Å². The number of nitrogen functional groups attached to an aromatic ring is 1. The Morgan fingerprint density at radius 3 is 3.00 bits per heavy atom. The van der Waals surface area contributed by atoms with Crippen molar-refractivity contribution < 1.29 is 4.74 Å². The molecule has 0 radical (unpaired) electrons. The molecule has 1 heterocycles. The number of ether oxygens (including phenoxy) is 1. The number of methoxy groups -OCH3 is 1. The molecule has 0 aliphatic heterocycles. The SMILES string of the molecule is COC1CCCC(Nc2cc(Cl)nc(N)n2)C1. The lowest BCUT2D eigenvalue weighted by atomic mass is 9.93. The van der Waals surface area contributed by atoms with Gasteiger partial charge in [0.1, 0.15) is 11.0 Å². The number of rotatable bonds is 3. The first-order chi connectivity index (χ1) is 8.17. The van der Waals surface area contributed by atoms with Crippen LogP contribution in [-0.2, 0) is 4.74 Å². The summed E-state index contributed by atoms with van der Waals surface area (Å²) in [7, 11) is 1.76. The third-order valence-corrected chi connectivity index (χ3v) is 3.22. The van der Waals surface area contributed by atoms with Crippen molar-refractivity contribution in [1.29, 1.82) is 0 Å². The van der Waals surface area contributed by atoms with E-state index in [4.69, 9.17) is 22.1 Å². The highest BCUT2D eigenvalue weighted by Gasteiger charge is 2.21. The van der Waals surface area contributed by atoms with Crippen molar-refractivity contribution in [1.82, 2.24) is 9.97 Å². The van der Waals surface area contributed by atoms with Gasteiger partial charge in [0.2, 0.25) is 5.95 Å². The fourth-order valence-corrected chi connectivity index (χ4v) is 2.40. The van der Waals surface area contributed by atoms with Crippen LogP contribution in [0.4, 0.5) is 11.8 Å². The topological polar surface area (TPSA) is 73.1 Å². The predicted molar refractivity (Wildman–Crippen MR) is 68.1 cm³/mol. The van der Waals surface area contributed by atoms with Crippen LogP contribution < -0.4 is 11.1 Å². The lowest BCUT2D eigenvalue weighted by Gasteiger charge is -2.29. The molecule has 17 heavy (non-hydrogen) atoms. The Hall–Kier alpha value is -1.07. The number of hydrogen-bond acceptors (Lipinski definition) is 5. The summed E-state index contributed by atoms with van der Waals surface area (Å²) >= 11 is 5.83.